The highest BCUT2D eigenvalue weighted by molar-refractivity contribution is 5.97. The average Bonchev–Trinajstić information content (AvgIpc) is 3.00. The summed E-state index contributed by atoms with van der Waals surface area (Å²) in [5.41, 5.74) is 7.88. The summed E-state index contributed by atoms with van der Waals surface area (Å²) in [5.74, 6) is 0. The first-order valence-electron chi connectivity index (χ1n) is 7.96. The second-order valence-electron chi connectivity index (χ2n) is 6.05. The lowest BCUT2D eigenvalue weighted by Gasteiger charge is -2.10. The zero-order valence-corrected chi connectivity index (χ0v) is 12.7. The third kappa shape index (κ3) is 1.83. The lowest BCUT2D eigenvalue weighted by Crippen LogP contribution is -1.91. The molecule has 1 heterocycles. The van der Waals surface area contributed by atoms with E-state index in [0.29, 0.717) is 0 Å². The van der Waals surface area contributed by atoms with Gasteiger partial charge in [0.15, 0.2) is 0 Å². The summed E-state index contributed by atoms with van der Waals surface area (Å²) in [4.78, 5) is 4.72. The Bertz CT molecular complexity index is 1040. The van der Waals surface area contributed by atoms with Gasteiger partial charge in [0.2, 0.25) is 0 Å². The van der Waals surface area contributed by atoms with Gasteiger partial charge in [-0.25, -0.2) is 0 Å². The standard InChI is InChI=1S/C22H15N/c1-4-9-18-15(6-1)12-13-23-22(18)20-11-5-10-19-17-8-3-2-7-16(17)14-21(19)20/h1-13H,14H2. The topological polar surface area (TPSA) is 12.9 Å². The average molecular weight is 293 g/mol. The molecule has 0 spiro atoms. The molecule has 0 saturated carbocycles. The summed E-state index contributed by atoms with van der Waals surface area (Å²) in [6, 6.07) is 25.9. The molecule has 108 valence electrons. The van der Waals surface area contributed by atoms with Gasteiger partial charge in [-0.2, -0.15) is 0 Å². The molecule has 0 fully saturated rings. The van der Waals surface area contributed by atoms with Crippen LogP contribution < -0.4 is 0 Å². The molecule has 5 rings (SSSR count). The molecule has 0 bridgehead atoms. The van der Waals surface area contributed by atoms with Gasteiger partial charge in [-0.1, -0.05) is 66.7 Å². The van der Waals surface area contributed by atoms with Crippen LogP contribution in [0, 0.1) is 0 Å². The van der Waals surface area contributed by atoms with Crippen molar-refractivity contribution in [2.24, 2.45) is 0 Å². The highest BCUT2D eigenvalue weighted by Crippen LogP contribution is 2.42. The summed E-state index contributed by atoms with van der Waals surface area (Å²) in [6.45, 7) is 0. The number of nitrogens with zero attached hydrogens (tertiary/aromatic N) is 1. The Morgan fingerprint density at radius 2 is 1.43 bits per heavy atom. The van der Waals surface area contributed by atoms with Crippen LogP contribution in [0.5, 0.6) is 0 Å². The third-order valence-corrected chi connectivity index (χ3v) is 4.78. The predicted octanol–water partition coefficient (Wildman–Crippen LogP) is 5.47. The van der Waals surface area contributed by atoms with E-state index in [1.165, 1.54) is 38.6 Å². The van der Waals surface area contributed by atoms with Crippen molar-refractivity contribution < 1.29 is 0 Å². The minimum Gasteiger partial charge on any atom is -0.256 e. The minimum absolute atomic E-state index is 0.993. The Kier molecular flexibility index (Phi) is 2.62. The van der Waals surface area contributed by atoms with Crippen LogP contribution >= 0.6 is 0 Å². The molecule has 0 radical (unpaired) electrons. The van der Waals surface area contributed by atoms with Gasteiger partial charge in [0, 0.05) is 17.1 Å². The fourth-order valence-electron chi connectivity index (χ4n) is 3.71. The summed E-state index contributed by atoms with van der Waals surface area (Å²) < 4.78 is 0. The number of hydrogen-bond acceptors (Lipinski definition) is 1. The molecular formula is C22H15N. The van der Waals surface area contributed by atoms with E-state index >= 15 is 0 Å². The van der Waals surface area contributed by atoms with Crippen LogP contribution in [0.25, 0.3) is 33.2 Å². The highest BCUT2D eigenvalue weighted by atomic mass is 14.7. The van der Waals surface area contributed by atoms with E-state index in [1.54, 1.807) is 0 Å². The van der Waals surface area contributed by atoms with Gasteiger partial charge in [-0.15, -0.1) is 0 Å². The minimum atomic E-state index is 0.993. The van der Waals surface area contributed by atoms with Crippen molar-refractivity contribution in [3.8, 4) is 22.4 Å². The molecule has 0 unspecified atom stereocenters. The first-order chi connectivity index (χ1) is 11.4. The van der Waals surface area contributed by atoms with Gasteiger partial charge in [0.05, 0.1) is 5.69 Å². The third-order valence-electron chi connectivity index (χ3n) is 4.78. The Balaban J connectivity index is 1.80. The summed E-state index contributed by atoms with van der Waals surface area (Å²) in [7, 11) is 0. The Morgan fingerprint density at radius 1 is 0.652 bits per heavy atom. The molecule has 0 atom stereocenters. The van der Waals surface area contributed by atoms with E-state index in [0.717, 1.165) is 12.1 Å². The molecule has 0 saturated heterocycles. The van der Waals surface area contributed by atoms with Crippen LogP contribution in [0.3, 0.4) is 0 Å². The molecule has 0 amide bonds. The van der Waals surface area contributed by atoms with Crippen molar-refractivity contribution in [2.45, 2.75) is 6.42 Å². The first kappa shape index (κ1) is 12.6. The molecule has 4 aromatic rings. The smallest absolute Gasteiger partial charge is 0.0783 e. The van der Waals surface area contributed by atoms with E-state index < -0.39 is 0 Å². The van der Waals surface area contributed by atoms with E-state index in [2.05, 4.69) is 72.8 Å². The van der Waals surface area contributed by atoms with E-state index in [-0.39, 0.29) is 0 Å². The van der Waals surface area contributed by atoms with Gasteiger partial charge in [-0.05, 0) is 40.1 Å². The van der Waals surface area contributed by atoms with E-state index in [9.17, 15) is 0 Å². The maximum atomic E-state index is 4.72. The molecule has 1 aliphatic rings. The van der Waals surface area contributed by atoms with Gasteiger partial charge < -0.3 is 0 Å². The predicted molar refractivity (Wildman–Crippen MR) is 95.4 cm³/mol. The van der Waals surface area contributed by atoms with Crippen molar-refractivity contribution in [3.63, 3.8) is 0 Å². The molecule has 1 aromatic heterocycles. The first-order valence-corrected chi connectivity index (χ1v) is 7.96. The quantitative estimate of drug-likeness (QED) is 0.399. The number of benzene rings is 3. The maximum absolute atomic E-state index is 4.72. The molecular weight excluding hydrogens is 278 g/mol. The maximum Gasteiger partial charge on any atom is 0.0783 e. The second kappa shape index (κ2) is 4.79. The van der Waals surface area contributed by atoms with Crippen LogP contribution in [0.4, 0.5) is 0 Å². The van der Waals surface area contributed by atoms with Crippen LogP contribution in [0.1, 0.15) is 11.1 Å². The van der Waals surface area contributed by atoms with Crippen LogP contribution in [0.15, 0.2) is 79.0 Å². The van der Waals surface area contributed by atoms with Gasteiger partial charge in [0.25, 0.3) is 0 Å². The Labute approximate surface area is 135 Å². The van der Waals surface area contributed by atoms with Gasteiger partial charge >= 0.3 is 0 Å². The number of fused-ring (bicyclic) bond motifs is 4. The number of rotatable bonds is 1. The number of pyridine rings is 1. The van der Waals surface area contributed by atoms with Crippen molar-refractivity contribution in [1.29, 1.82) is 0 Å². The molecule has 3 aromatic carbocycles. The lowest BCUT2D eigenvalue weighted by molar-refractivity contribution is 1.25. The van der Waals surface area contributed by atoms with E-state index in [4.69, 9.17) is 4.98 Å². The number of hydrogen-bond donors (Lipinski definition) is 0. The van der Waals surface area contributed by atoms with Crippen LogP contribution in [0.2, 0.25) is 0 Å². The summed E-state index contributed by atoms with van der Waals surface area (Å²) in [6.07, 6.45) is 2.91. The molecule has 1 aliphatic carbocycles. The van der Waals surface area contributed by atoms with Crippen molar-refractivity contribution in [3.05, 3.63) is 90.1 Å². The second-order valence-corrected chi connectivity index (χ2v) is 6.05. The number of aromatic nitrogens is 1. The molecule has 1 nitrogen and oxygen atoms in total. The SMILES string of the molecule is c1ccc2c(c1)Cc1c-2cccc1-c1nccc2ccccc12. The van der Waals surface area contributed by atoms with Crippen molar-refractivity contribution in [1.82, 2.24) is 4.98 Å². The Morgan fingerprint density at radius 3 is 2.43 bits per heavy atom. The zero-order chi connectivity index (χ0) is 15.2. The van der Waals surface area contributed by atoms with Crippen LogP contribution in [-0.4, -0.2) is 4.98 Å². The highest BCUT2D eigenvalue weighted by Gasteiger charge is 2.22. The largest absolute Gasteiger partial charge is 0.256 e. The monoisotopic (exact) mass is 293 g/mol. The van der Waals surface area contributed by atoms with Crippen molar-refractivity contribution in [2.75, 3.05) is 0 Å². The zero-order valence-electron chi connectivity index (χ0n) is 12.7. The molecule has 23 heavy (non-hydrogen) atoms. The normalized spacial score (nSPS) is 12.2. The lowest BCUT2D eigenvalue weighted by atomic mass is 9.96. The van der Waals surface area contributed by atoms with E-state index in [1.807, 2.05) is 6.20 Å². The fraction of sp³-hybridized carbons (Fsp3) is 0.0455. The van der Waals surface area contributed by atoms with Gasteiger partial charge in [0.1, 0.15) is 0 Å². The van der Waals surface area contributed by atoms with Gasteiger partial charge in [-0.3, -0.25) is 4.98 Å². The summed E-state index contributed by atoms with van der Waals surface area (Å²) in [5, 5.41) is 2.46. The molecule has 0 aliphatic heterocycles. The molecule has 1 heteroatoms. The van der Waals surface area contributed by atoms with Crippen molar-refractivity contribution >= 4 is 10.8 Å². The fourth-order valence-corrected chi connectivity index (χ4v) is 3.71. The Hall–Kier alpha value is -2.93. The summed E-state index contributed by atoms with van der Waals surface area (Å²) >= 11 is 0. The van der Waals surface area contributed by atoms with Crippen LogP contribution in [-0.2, 0) is 6.42 Å². The molecule has 0 N–H and O–H groups in total.